The third-order valence-corrected chi connectivity index (χ3v) is 4.62. The summed E-state index contributed by atoms with van der Waals surface area (Å²) in [5, 5.41) is 0. The summed E-state index contributed by atoms with van der Waals surface area (Å²) in [6, 6.07) is 0. The van der Waals surface area contributed by atoms with Crippen molar-refractivity contribution in [2.75, 3.05) is 0 Å². The van der Waals surface area contributed by atoms with Gasteiger partial charge in [0.05, 0.1) is 0 Å². The third-order valence-electron chi connectivity index (χ3n) is 4.62. The van der Waals surface area contributed by atoms with E-state index < -0.39 is 11.6 Å². The number of ether oxygens (including phenoxy) is 1. The van der Waals surface area contributed by atoms with Crippen LogP contribution in [0.3, 0.4) is 0 Å². The van der Waals surface area contributed by atoms with Crippen LogP contribution in [0.25, 0.3) is 0 Å². The van der Waals surface area contributed by atoms with Crippen molar-refractivity contribution < 1.29 is 14.5 Å². The summed E-state index contributed by atoms with van der Waals surface area (Å²) in [6.45, 7) is 12.8. The van der Waals surface area contributed by atoms with Crippen LogP contribution in [0, 0.1) is 11.8 Å². The van der Waals surface area contributed by atoms with Gasteiger partial charge in [-0.15, -0.1) is 0 Å². The van der Waals surface area contributed by atoms with Crippen LogP contribution in [-0.4, -0.2) is 11.6 Å². The van der Waals surface area contributed by atoms with E-state index in [0.29, 0.717) is 11.8 Å². The molecule has 3 heteroatoms. The number of rotatable bonds is 5. The smallest absolute Gasteiger partial charge is 0.205 e. The molecule has 2 rings (SSSR count). The molecule has 4 atom stereocenters. The highest BCUT2D eigenvalue weighted by Crippen LogP contribution is 2.46. The van der Waals surface area contributed by atoms with Crippen LogP contribution in [0.5, 0.6) is 0 Å². The quantitative estimate of drug-likeness (QED) is 0.598. The molecule has 1 saturated heterocycles. The highest BCUT2D eigenvalue weighted by atomic mass is 17.3. The van der Waals surface area contributed by atoms with E-state index in [4.69, 9.17) is 14.5 Å². The van der Waals surface area contributed by atoms with Gasteiger partial charge in [0, 0.05) is 19.3 Å². The second kappa shape index (κ2) is 8.50. The van der Waals surface area contributed by atoms with Gasteiger partial charge in [0.25, 0.3) is 0 Å². The fourth-order valence-corrected chi connectivity index (χ4v) is 3.67. The Morgan fingerprint density at radius 1 is 1.19 bits per heavy atom. The van der Waals surface area contributed by atoms with Crippen LogP contribution in [0.1, 0.15) is 92.9 Å². The highest BCUT2D eigenvalue weighted by Gasteiger charge is 2.52. The summed E-state index contributed by atoms with van der Waals surface area (Å²) >= 11 is 0. The largest absolute Gasteiger partial charge is 0.313 e. The van der Waals surface area contributed by atoms with Crippen LogP contribution in [0.2, 0.25) is 0 Å². The minimum Gasteiger partial charge on any atom is -0.313 e. The molecule has 126 valence electrons. The van der Waals surface area contributed by atoms with Crippen molar-refractivity contribution in [3.8, 4) is 0 Å². The molecule has 3 nitrogen and oxygen atoms in total. The van der Waals surface area contributed by atoms with Gasteiger partial charge in [-0.25, -0.2) is 0 Å². The molecular formula is C18H36O3. The average molecular weight is 300 g/mol. The number of hydrogen-bond donors (Lipinski definition) is 0. The molecule has 0 aromatic heterocycles. The fraction of sp³-hybridized carbons (Fsp3) is 1.00. The lowest BCUT2D eigenvalue weighted by Gasteiger charge is -2.34. The van der Waals surface area contributed by atoms with E-state index in [1.54, 1.807) is 0 Å². The van der Waals surface area contributed by atoms with Crippen molar-refractivity contribution >= 4 is 0 Å². The zero-order valence-corrected chi connectivity index (χ0v) is 15.0. The van der Waals surface area contributed by atoms with Gasteiger partial charge in [-0.2, -0.15) is 9.78 Å². The Kier molecular flexibility index (Phi) is 7.66. The van der Waals surface area contributed by atoms with E-state index in [9.17, 15) is 0 Å². The molecule has 1 heterocycles. The van der Waals surface area contributed by atoms with Crippen molar-refractivity contribution in [1.29, 1.82) is 0 Å². The van der Waals surface area contributed by atoms with Gasteiger partial charge in [-0.3, -0.25) is 0 Å². The highest BCUT2D eigenvalue weighted by molar-refractivity contribution is 4.84. The van der Waals surface area contributed by atoms with Crippen LogP contribution in [-0.2, 0) is 14.5 Å². The van der Waals surface area contributed by atoms with E-state index >= 15 is 0 Å². The Labute approximate surface area is 131 Å². The fourth-order valence-electron chi connectivity index (χ4n) is 3.67. The first-order chi connectivity index (χ1) is 10.0. The first-order valence-corrected chi connectivity index (χ1v) is 9.08. The molecule has 1 spiro atoms. The van der Waals surface area contributed by atoms with E-state index in [0.717, 1.165) is 19.3 Å². The molecule has 0 aromatic carbocycles. The Morgan fingerprint density at radius 3 is 2.48 bits per heavy atom. The standard InChI is InChI=1S/C16H30O3.C2H6/c1-5-8-14(6-2)12-15(4)17-16(19-18-15)10-7-9-13(3)11-16;1-2/h13-14H,5-12H2,1-4H3;1-2H3. The van der Waals surface area contributed by atoms with Gasteiger partial charge in [0.1, 0.15) is 0 Å². The molecule has 0 N–H and O–H groups in total. The average Bonchev–Trinajstić information content (AvgIpc) is 2.77. The van der Waals surface area contributed by atoms with Gasteiger partial charge >= 0.3 is 0 Å². The molecule has 1 saturated carbocycles. The zero-order valence-electron chi connectivity index (χ0n) is 15.0. The topological polar surface area (TPSA) is 27.7 Å². The Hall–Kier alpha value is -0.120. The lowest BCUT2D eigenvalue weighted by Crippen LogP contribution is -2.39. The summed E-state index contributed by atoms with van der Waals surface area (Å²) in [7, 11) is 0. The Balaban J connectivity index is 0.00000106. The Bertz CT molecular complexity index is 294. The summed E-state index contributed by atoms with van der Waals surface area (Å²) in [6.07, 6.45) is 8.96. The number of hydrogen-bond acceptors (Lipinski definition) is 3. The molecule has 4 unspecified atom stereocenters. The first kappa shape index (κ1) is 18.9. The summed E-state index contributed by atoms with van der Waals surface area (Å²) in [5.74, 6) is 0.316. The van der Waals surface area contributed by atoms with Crippen molar-refractivity contribution in [1.82, 2.24) is 0 Å². The van der Waals surface area contributed by atoms with Crippen LogP contribution >= 0.6 is 0 Å². The van der Waals surface area contributed by atoms with Crippen LogP contribution in [0.4, 0.5) is 0 Å². The molecule has 21 heavy (non-hydrogen) atoms. The van der Waals surface area contributed by atoms with Crippen molar-refractivity contribution in [2.45, 2.75) is 104 Å². The molecular weight excluding hydrogens is 264 g/mol. The van der Waals surface area contributed by atoms with Gasteiger partial charge in [0.2, 0.25) is 11.6 Å². The zero-order chi connectivity index (χ0) is 15.9. The van der Waals surface area contributed by atoms with Crippen molar-refractivity contribution in [3.63, 3.8) is 0 Å². The van der Waals surface area contributed by atoms with Gasteiger partial charge in [0.15, 0.2) is 0 Å². The normalized spacial score (nSPS) is 37.1. The van der Waals surface area contributed by atoms with Crippen LogP contribution < -0.4 is 0 Å². The van der Waals surface area contributed by atoms with Crippen LogP contribution in [0.15, 0.2) is 0 Å². The molecule has 2 fully saturated rings. The molecule has 2 aliphatic rings. The molecule has 0 bridgehead atoms. The van der Waals surface area contributed by atoms with Gasteiger partial charge < -0.3 is 4.74 Å². The molecule has 0 amide bonds. The molecule has 0 radical (unpaired) electrons. The van der Waals surface area contributed by atoms with E-state index in [2.05, 4.69) is 20.8 Å². The first-order valence-electron chi connectivity index (χ1n) is 9.08. The van der Waals surface area contributed by atoms with E-state index in [1.807, 2.05) is 20.8 Å². The summed E-state index contributed by atoms with van der Waals surface area (Å²) in [5.41, 5.74) is 0. The maximum Gasteiger partial charge on any atom is 0.205 e. The van der Waals surface area contributed by atoms with E-state index in [1.165, 1.54) is 32.1 Å². The predicted octanol–water partition coefficient (Wildman–Crippen LogP) is 5.83. The minimum atomic E-state index is -0.549. The van der Waals surface area contributed by atoms with Gasteiger partial charge in [-0.05, 0) is 25.2 Å². The van der Waals surface area contributed by atoms with Crippen molar-refractivity contribution in [3.05, 3.63) is 0 Å². The van der Waals surface area contributed by atoms with Crippen molar-refractivity contribution in [2.24, 2.45) is 11.8 Å². The lowest BCUT2D eigenvalue weighted by atomic mass is 9.85. The molecule has 0 aromatic rings. The molecule has 1 aliphatic carbocycles. The summed E-state index contributed by atoms with van der Waals surface area (Å²) < 4.78 is 6.28. The van der Waals surface area contributed by atoms with E-state index in [-0.39, 0.29) is 0 Å². The predicted molar refractivity (Wildman–Crippen MR) is 86.7 cm³/mol. The minimum absolute atomic E-state index is 0.461. The maximum absolute atomic E-state index is 6.28. The van der Waals surface area contributed by atoms with Gasteiger partial charge in [-0.1, -0.05) is 60.3 Å². The monoisotopic (exact) mass is 300 g/mol. The summed E-state index contributed by atoms with van der Waals surface area (Å²) in [4.78, 5) is 11.3. The second-order valence-electron chi connectivity index (χ2n) is 6.78. The SMILES string of the molecule is CC.CCCC(CC)CC1(C)OOC2(CCCC(C)C2)O1. The second-order valence-corrected chi connectivity index (χ2v) is 6.78. The third kappa shape index (κ3) is 5.22. The molecule has 1 aliphatic heterocycles. The Morgan fingerprint density at radius 2 is 1.90 bits per heavy atom. The maximum atomic E-state index is 6.28. The lowest BCUT2D eigenvalue weighted by molar-refractivity contribution is -0.355.